The fourth-order valence-electron chi connectivity index (χ4n) is 3.26. The zero-order valence-corrected chi connectivity index (χ0v) is 17.2. The zero-order valence-electron chi connectivity index (χ0n) is 15.5. The van der Waals surface area contributed by atoms with E-state index in [4.69, 9.17) is 4.74 Å². The number of methoxy groups -OCH3 is 1. The molecule has 0 aromatic carbocycles. The summed E-state index contributed by atoms with van der Waals surface area (Å²) in [5.41, 5.74) is 0. The average Bonchev–Trinajstić information content (AvgIpc) is 3.02. The number of hydrogen-bond acceptors (Lipinski definition) is 3. The molecule has 0 aromatic rings. The van der Waals surface area contributed by atoms with E-state index in [2.05, 4.69) is 37.0 Å². The van der Waals surface area contributed by atoms with Crippen LogP contribution in [-0.4, -0.2) is 22.7 Å². The van der Waals surface area contributed by atoms with Gasteiger partial charge in [0.05, 0.1) is 16.9 Å². The van der Waals surface area contributed by atoms with Crippen molar-refractivity contribution >= 4 is 23.5 Å². The first-order valence-electron chi connectivity index (χ1n) is 9.72. The molecule has 0 unspecified atom stereocenters. The van der Waals surface area contributed by atoms with E-state index in [9.17, 15) is 0 Å². The number of allylic oxidation sites excluding steroid dienone is 1. The molecule has 1 aliphatic heterocycles. The fraction of sp³-hybridized carbons (Fsp3) is 0.900. The van der Waals surface area contributed by atoms with Crippen molar-refractivity contribution < 1.29 is 4.74 Å². The van der Waals surface area contributed by atoms with Gasteiger partial charge in [-0.25, -0.2) is 0 Å². The highest BCUT2D eigenvalue weighted by Gasteiger charge is 2.34. The first kappa shape index (κ1) is 21.3. The van der Waals surface area contributed by atoms with Gasteiger partial charge in [-0.15, -0.1) is 23.5 Å². The Kier molecular flexibility index (Phi) is 12.5. The maximum absolute atomic E-state index is 5.12. The van der Waals surface area contributed by atoms with Gasteiger partial charge in [-0.2, -0.15) is 0 Å². The van der Waals surface area contributed by atoms with Gasteiger partial charge in [0.2, 0.25) is 0 Å². The van der Waals surface area contributed by atoms with Crippen LogP contribution in [-0.2, 0) is 4.74 Å². The summed E-state index contributed by atoms with van der Waals surface area (Å²) >= 11 is 4.53. The molecule has 1 aliphatic rings. The Morgan fingerprint density at radius 2 is 1.39 bits per heavy atom. The first-order chi connectivity index (χ1) is 11.2. The minimum absolute atomic E-state index is 0.580. The van der Waals surface area contributed by atoms with Crippen LogP contribution in [0.4, 0.5) is 0 Å². The van der Waals surface area contributed by atoms with E-state index >= 15 is 0 Å². The van der Waals surface area contributed by atoms with Gasteiger partial charge in [0.1, 0.15) is 0 Å². The summed E-state index contributed by atoms with van der Waals surface area (Å²) < 4.78 is 5.70. The predicted molar refractivity (Wildman–Crippen MR) is 109 cm³/mol. The second-order valence-electron chi connectivity index (χ2n) is 6.78. The summed E-state index contributed by atoms with van der Waals surface area (Å²) in [6, 6.07) is 0. The van der Waals surface area contributed by atoms with Gasteiger partial charge in [-0.1, -0.05) is 71.3 Å². The van der Waals surface area contributed by atoms with Crippen molar-refractivity contribution in [1.82, 2.24) is 0 Å². The Hall–Kier alpha value is 0.240. The van der Waals surface area contributed by atoms with Crippen LogP contribution in [0.2, 0.25) is 0 Å². The van der Waals surface area contributed by atoms with Gasteiger partial charge in [-0.05, 0) is 19.3 Å². The van der Waals surface area contributed by atoms with Crippen molar-refractivity contribution in [3.05, 3.63) is 12.3 Å². The third kappa shape index (κ3) is 9.96. The van der Waals surface area contributed by atoms with Crippen molar-refractivity contribution in [1.29, 1.82) is 0 Å². The molecule has 1 rings (SSSR count). The highest BCUT2D eigenvalue weighted by molar-refractivity contribution is 8.21. The first-order valence-corrected chi connectivity index (χ1v) is 11.7. The minimum Gasteiger partial charge on any atom is -0.502 e. The van der Waals surface area contributed by atoms with E-state index in [1.165, 1.54) is 88.6 Å². The molecule has 0 spiro atoms. The third-order valence-corrected chi connectivity index (χ3v) is 8.43. The lowest BCUT2D eigenvalue weighted by atomic mass is 10.0. The molecule has 0 bridgehead atoms. The van der Waals surface area contributed by atoms with E-state index in [1.807, 2.05) is 0 Å². The predicted octanol–water partition coefficient (Wildman–Crippen LogP) is 7.41. The molecule has 0 atom stereocenters. The van der Waals surface area contributed by atoms with Crippen LogP contribution < -0.4 is 0 Å². The molecule has 23 heavy (non-hydrogen) atoms. The van der Waals surface area contributed by atoms with E-state index in [-0.39, 0.29) is 0 Å². The molecular formula is C20H38OS2. The van der Waals surface area contributed by atoms with Crippen molar-refractivity contribution in [2.24, 2.45) is 0 Å². The SMILES string of the molecule is C=C(CCCCCCCC1(CCCCCCC)SCCS1)OC. The van der Waals surface area contributed by atoms with Crippen LogP contribution in [0.15, 0.2) is 12.3 Å². The van der Waals surface area contributed by atoms with Crippen molar-refractivity contribution in [2.45, 2.75) is 94.5 Å². The summed E-state index contributed by atoms with van der Waals surface area (Å²) in [4.78, 5) is 0. The normalized spacial score (nSPS) is 16.6. The number of unbranched alkanes of at least 4 members (excludes halogenated alkanes) is 8. The Morgan fingerprint density at radius 1 is 0.870 bits per heavy atom. The van der Waals surface area contributed by atoms with Gasteiger partial charge in [-0.3, -0.25) is 0 Å². The average molecular weight is 359 g/mol. The largest absolute Gasteiger partial charge is 0.502 e. The smallest absolute Gasteiger partial charge is 0.0883 e. The molecule has 1 nitrogen and oxygen atoms in total. The summed E-state index contributed by atoms with van der Waals surface area (Å²) in [6.07, 6.45) is 17.8. The van der Waals surface area contributed by atoms with E-state index in [1.54, 1.807) is 7.11 Å². The molecule has 1 fully saturated rings. The van der Waals surface area contributed by atoms with Crippen molar-refractivity contribution in [3.8, 4) is 0 Å². The number of rotatable bonds is 15. The van der Waals surface area contributed by atoms with Crippen molar-refractivity contribution in [3.63, 3.8) is 0 Å². The van der Waals surface area contributed by atoms with Crippen LogP contribution >= 0.6 is 23.5 Å². The third-order valence-electron chi connectivity index (χ3n) is 4.78. The molecule has 1 heterocycles. The lowest BCUT2D eigenvalue weighted by Gasteiger charge is -2.27. The van der Waals surface area contributed by atoms with Gasteiger partial charge >= 0.3 is 0 Å². The molecule has 0 amide bonds. The highest BCUT2D eigenvalue weighted by Crippen LogP contribution is 2.50. The Balaban J connectivity index is 2.07. The summed E-state index contributed by atoms with van der Waals surface area (Å²) in [5, 5.41) is 0. The standard InChI is InChI=1S/C20H38OS2/c1-4-5-6-9-12-15-20(22-17-18-23-20)16-13-10-7-8-11-14-19(2)21-3/h2,4-18H2,1,3H3. The van der Waals surface area contributed by atoms with Crippen LogP contribution in [0.3, 0.4) is 0 Å². The quantitative estimate of drug-likeness (QED) is 0.223. The van der Waals surface area contributed by atoms with E-state index < -0.39 is 0 Å². The molecule has 0 aliphatic carbocycles. The minimum atomic E-state index is 0.580. The Bertz CT molecular complexity index is 298. The topological polar surface area (TPSA) is 9.23 Å². The van der Waals surface area contributed by atoms with Crippen LogP contribution in [0.5, 0.6) is 0 Å². The van der Waals surface area contributed by atoms with Crippen molar-refractivity contribution in [2.75, 3.05) is 18.6 Å². The maximum Gasteiger partial charge on any atom is 0.0883 e. The van der Waals surface area contributed by atoms with Gasteiger partial charge < -0.3 is 4.74 Å². The number of hydrogen-bond donors (Lipinski definition) is 0. The Labute approximate surface area is 153 Å². The summed E-state index contributed by atoms with van der Waals surface area (Å²) in [6.45, 7) is 6.19. The van der Waals surface area contributed by atoms with Crippen LogP contribution in [0.25, 0.3) is 0 Å². The molecule has 0 saturated carbocycles. The lowest BCUT2D eigenvalue weighted by Crippen LogP contribution is -2.16. The molecule has 0 aromatic heterocycles. The second-order valence-corrected chi connectivity index (χ2v) is 10.00. The van der Waals surface area contributed by atoms with Gasteiger partial charge in [0.15, 0.2) is 0 Å². The van der Waals surface area contributed by atoms with E-state index in [0.717, 1.165) is 12.2 Å². The number of ether oxygens (including phenoxy) is 1. The molecule has 0 N–H and O–H groups in total. The second kappa shape index (κ2) is 13.5. The molecule has 0 radical (unpaired) electrons. The van der Waals surface area contributed by atoms with E-state index in [0.29, 0.717) is 4.08 Å². The zero-order chi connectivity index (χ0) is 16.8. The molecule has 3 heteroatoms. The van der Waals surface area contributed by atoms with Crippen LogP contribution in [0, 0.1) is 0 Å². The maximum atomic E-state index is 5.12. The lowest BCUT2D eigenvalue weighted by molar-refractivity contribution is 0.276. The number of thioether (sulfide) groups is 2. The van der Waals surface area contributed by atoms with Gasteiger partial charge in [0.25, 0.3) is 0 Å². The molecule has 1 saturated heterocycles. The summed E-state index contributed by atoms with van der Waals surface area (Å²) in [7, 11) is 1.72. The highest BCUT2D eigenvalue weighted by atomic mass is 32.2. The summed E-state index contributed by atoms with van der Waals surface area (Å²) in [5.74, 6) is 3.68. The Morgan fingerprint density at radius 3 is 1.96 bits per heavy atom. The monoisotopic (exact) mass is 358 g/mol. The molecular weight excluding hydrogens is 320 g/mol. The van der Waals surface area contributed by atoms with Crippen LogP contribution in [0.1, 0.15) is 90.4 Å². The molecule has 136 valence electrons. The fourth-order valence-corrected chi connectivity index (χ4v) is 6.66. The van der Waals surface area contributed by atoms with Gasteiger partial charge in [0, 0.05) is 17.9 Å².